The maximum Gasteiger partial charge on any atom is 0.350 e. The van der Waals surface area contributed by atoms with Crippen molar-refractivity contribution >= 4 is 22.7 Å². The zero-order valence-electron chi connectivity index (χ0n) is 19.3. The highest BCUT2D eigenvalue weighted by atomic mass is 16.6. The average molecular weight is 479 g/mol. The quantitative estimate of drug-likeness (QED) is 0.125. The Hall–Kier alpha value is -4.98. The zero-order valence-corrected chi connectivity index (χ0v) is 19.3. The number of carbonyl (C=O) groups excluding carboxylic acids is 1. The Kier molecular flexibility index (Phi) is 6.15. The van der Waals surface area contributed by atoms with Crippen LogP contribution in [-0.4, -0.2) is 27.6 Å². The topological polar surface area (TPSA) is 96.5 Å². The summed E-state index contributed by atoms with van der Waals surface area (Å²) < 4.78 is 12.7. The lowest BCUT2D eigenvalue weighted by atomic mass is 10.1. The Morgan fingerprint density at radius 3 is 2.33 bits per heavy atom. The normalized spacial score (nSPS) is 10.8. The summed E-state index contributed by atoms with van der Waals surface area (Å²) in [5.74, 6) is 0.512. The number of ether oxygens (including phenoxy) is 2. The minimum absolute atomic E-state index is 0.187. The molecule has 0 aliphatic rings. The first kappa shape index (κ1) is 22.8. The van der Waals surface area contributed by atoms with Crippen molar-refractivity contribution in [1.82, 2.24) is 9.55 Å². The molecule has 36 heavy (non-hydrogen) atoms. The van der Waals surface area contributed by atoms with Crippen LogP contribution in [0.4, 0.5) is 5.69 Å². The van der Waals surface area contributed by atoms with Gasteiger partial charge in [-0.15, -0.1) is 0 Å². The van der Waals surface area contributed by atoms with Crippen molar-refractivity contribution in [2.24, 2.45) is 0 Å². The van der Waals surface area contributed by atoms with E-state index in [4.69, 9.17) is 14.5 Å². The van der Waals surface area contributed by atoms with Crippen LogP contribution in [0, 0.1) is 10.1 Å². The summed E-state index contributed by atoms with van der Waals surface area (Å²) in [5.41, 5.74) is 3.34. The number of esters is 1. The van der Waals surface area contributed by atoms with Crippen molar-refractivity contribution < 1.29 is 19.2 Å². The lowest BCUT2D eigenvalue weighted by molar-refractivity contribution is -0.385. The minimum atomic E-state index is -0.843. The second-order valence-corrected chi connectivity index (χ2v) is 8.05. The lowest BCUT2D eigenvalue weighted by Gasteiger charge is -2.11. The van der Waals surface area contributed by atoms with Crippen molar-refractivity contribution in [3.05, 3.63) is 118 Å². The van der Waals surface area contributed by atoms with E-state index in [0.29, 0.717) is 12.3 Å². The molecule has 5 aromatic rings. The average Bonchev–Trinajstić information content (AvgIpc) is 3.27. The molecule has 0 saturated carbocycles. The van der Waals surface area contributed by atoms with Crippen LogP contribution in [0.1, 0.15) is 15.9 Å². The van der Waals surface area contributed by atoms with E-state index in [9.17, 15) is 14.9 Å². The molecule has 0 aliphatic carbocycles. The molecule has 4 aromatic carbocycles. The summed E-state index contributed by atoms with van der Waals surface area (Å²) in [6.45, 7) is 0.646. The number of nitrogens with zero attached hydrogens (tertiary/aromatic N) is 3. The Morgan fingerprint density at radius 1 is 0.917 bits per heavy atom. The molecule has 1 heterocycles. The van der Waals surface area contributed by atoms with Gasteiger partial charge in [-0.2, -0.15) is 0 Å². The number of carbonyl (C=O) groups is 1. The van der Waals surface area contributed by atoms with Gasteiger partial charge in [0.25, 0.3) is 5.69 Å². The Bertz CT molecular complexity index is 1560. The first-order valence-electron chi connectivity index (χ1n) is 11.2. The van der Waals surface area contributed by atoms with Crippen LogP contribution in [0.3, 0.4) is 0 Å². The van der Waals surface area contributed by atoms with E-state index >= 15 is 0 Å². The third kappa shape index (κ3) is 4.52. The molecular weight excluding hydrogens is 458 g/mol. The van der Waals surface area contributed by atoms with E-state index in [1.165, 1.54) is 25.3 Å². The van der Waals surface area contributed by atoms with Crippen molar-refractivity contribution in [1.29, 1.82) is 0 Å². The van der Waals surface area contributed by atoms with Crippen LogP contribution >= 0.6 is 0 Å². The fraction of sp³-hybridized carbons (Fsp3) is 0.0714. The van der Waals surface area contributed by atoms with Crippen LogP contribution in [0.5, 0.6) is 11.5 Å². The molecule has 0 spiro atoms. The summed E-state index contributed by atoms with van der Waals surface area (Å²) in [6.07, 6.45) is 0. The molecule has 8 nitrogen and oxygen atoms in total. The largest absolute Gasteiger partial charge is 0.497 e. The van der Waals surface area contributed by atoms with Crippen LogP contribution < -0.4 is 9.47 Å². The van der Waals surface area contributed by atoms with E-state index in [1.807, 2.05) is 54.6 Å². The molecule has 0 aliphatic heterocycles. The fourth-order valence-electron chi connectivity index (χ4n) is 4.02. The third-order valence-electron chi connectivity index (χ3n) is 5.78. The van der Waals surface area contributed by atoms with Gasteiger partial charge in [-0.3, -0.25) is 10.1 Å². The second-order valence-electron chi connectivity index (χ2n) is 8.05. The number of aromatic nitrogens is 2. The Balaban J connectivity index is 1.45. The first-order valence-corrected chi connectivity index (χ1v) is 11.2. The number of methoxy groups -OCH3 is 1. The number of para-hydroxylation sites is 2. The maximum atomic E-state index is 12.7. The number of fused-ring (bicyclic) bond motifs is 1. The van der Waals surface area contributed by atoms with E-state index in [1.54, 1.807) is 12.1 Å². The van der Waals surface area contributed by atoms with Gasteiger partial charge in [0, 0.05) is 24.2 Å². The molecule has 0 saturated heterocycles. The SMILES string of the molecule is COc1ccc([N+](=O)[O-])c(C(=O)Oc2ccc(-c3nc4ccccc4n3Cc3ccccc3)cc2)c1. The van der Waals surface area contributed by atoms with Gasteiger partial charge < -0.3 is 14.0 Å². The van der Waals surface area contributed by atoms with Gasteiger partial charge in [0.05, 0.1) is 23.1 Å². The molecule has 0 radical (unpaired) electrons. The number of benzene rings is 4. The summed E-state index contributed by atoms with van der Waals surface area (Å²) in [7, 11) is 1.42. The van der Waals surface area contributed by atoms with Gasteiger partial charge in [0.15, 0.2) is 0 Å². The van der Waals surface area contributed by atoms with Gasteiger partial charge >= 0.3 is 5.97 Å². The van der Waals surface area contributed by atoms with Crippen molar-refractivity contribution in [3.8, 4) is 22.9 Å². The van der Waals surface area contributed by atoms with Gasteiger partial charge in [-0.05, 0) is 48.0 Å². The number of hydrogen-bond acceptors (Lipinski definition) is 6. The van der Waals surface area contributed by atoms with Gasteiger partial charge in [0.1, 0.15) is 22.9 Å². The van der Waals surface area contributed by atoms with Gasteiger partial charge in [0.2, 0.25) is 0 Å². The number of hydrogen-bond donors (Lipinski definition) is 0. The van der Waals surface area contributed by atoms with Crippen molar-refractivity contribution in [2.45, 2.75) is 6.54 Å². The molecule has 0 fully saturated rings. The number of imidazole rings is 1. The van der Waals surface area contributed by atoms with E-state index in [0.717, 1.165) is 28.0 Å². The van der Waals surface area contributed by atoms with Gasteiger partial charge in [-0.1, -0.05) is 42.5 Å². The van der Waals surface area contributed by atoms with Crippen LogP contribution in [0.2, 0.25) is 0 Å². The molecule has 0 unspecified atom stereocenters. The smallest absolute Gasteiger partial charge is 0.350 e. The predicted molar refractivity (Wildman–Crippen MR) is 135 cm³/mol. The molecule has 0 atom stereocenters. The highest BCUT2D eigenvalue weighted by molar-refractivity contribution is 5.95. The molecule has 0 N–H and O–H groups in total. The molecule has 178 valence electrons. The molecule has 0 bridgehead atoms. The van der Waals surface area contributed by atoms with Gasteiger partial charge in [-0.25, -0.2) is 9.78 Å². The zero-order chi connectivity index (χ0) is 25.1. The summed E-state index contributed by atoms with van der Waals surface area (Å²) in [4.78, 5) is 28.3. The van der Waals surface area contributed by atoms with Crippen molar-refractivity contribution in [3.63, 3.8) is 0 Å². The lowest BCUT2D eigenvalue weighted by Crippen LogP contribution is -2.11. The highest BCUT2D eigenvalue weighted by Crippen LogP contribution is 2.29. The minimum Gasteiger partial charge on any atom is -0.497 e. The molecule has 5 rings (SSSR count). The summed E-state index contributed by atoms with van der Waals surface area (Å²) in [5, 5.41) is 11.4. The molecule has 0 amide bonds. The van der Waals surface area contributed by atoms with E-state index in [-0.39, 0.29) is 17.0 Å². The Labute approximate surface area is 206 Å². The molecule has 8 heteroatoms. The van der Waals surface area contributed by atoms with Crippen molar-refractivity contribution in [2.75, 3.05) is 7.11 Å². The maximum absolute atomic E-state index is 12.7. The predicted octanol–water partition coefficient (Wildman–Crippen LogP) is 5.89. The summed E-state index contributed by atoms with van der Waals surface area (Å²) in [6, 6.07) is 28.9. The van der Waals surface area contributed by atoms with E-state index in [2.05, 4.69) is 16.7 Å². The third-order valence-corrected chi connectivity index (χ3v) is 5.78. The highest BCUT2D eigenvalue weighted by Gasteiger charge is 2.23. The fourth-order valence-corrected chi connectivity index (χ4v) is 4.02. The molecule has 1 aromatic heterocycles. The molecular formula is C28H21N3O5. The van der Waals surface area contributed by atoms with Crippen LogP contribution in [0.25, 0.3) is 22.4 Å². The number of nitro benzene ring substituents is 1. The number of rotatable bonds is 7. The van der Waals surface area contributed by atoms with Crippen LogP contribution in [-0.2, 0) is 6.54 Å². The monoisotopic (exact) mass is 479 g/mol. The standard InChI is InChI=1S/C28H21N3O5/c1-35-22-15-16-25(31(33)34)23(17-22)28(32)36-21-13-11-20(12-14-21)27-29-24-9-5-6-10-26(24)30(27)18-19-7-3-2-4-8-19/h2-17H,18H2,1H3. The first-order chi connectivity index (χ1) is 17.5. The Morgan fingerprint density at radius 2 is 1.61 bits per heavy atom. The van der Waals surface area contributed by atoms with E-state index < -0.39 is 10.9 Å². The van der Waals surface area contributed by atoms with Crippen LogP contribution in [0.15, 0.2) is 97.1 Å². The number of nitro groups is 1. The second kappa shape index (κ2) is 9.71. The summed E-state index contributed by atoms with van der Waals surface area (Å²) >= 11 is 0.